The average molecular weight is 316 g/mol. The molecule has 0 amide bonds. The number of nitrogens with zero attached hydrogens (tertiary/aromatic N) is 1. The van der Waals surface area contributed by atoms with Gasteiger partial charge in [0.15, 0.2) is 9.84 Å². The first kappa shape index (κ1) is 16.4. The van der Waals surface area contributed by atoms with Crippen LogP contribution in [0.5, 0.6) is 0 Å². The van der Waals surface area contributed by atoms with Crippen molar-refractivity contribution >= 4 is 25.8 Å². The summed E-state index contributed by atoms with van der Waals surface area (Å²) in [6, 6.07) is 0. The van der Waals surface area contributed by atoms with E-state index in [4.69, 9.17) is 4.74 Å². The van der Waals surface area contributed by atoms with Crippen LogP contribution in [0.3, 0.4) is 0 Å². The minimum atomic E-state index is -2.93. The summed E-state index contributed by atoms with van der Waals surface area (Å²) < 4.78 is 28.3. The standard InChI is InChI=1S/C10H22BrNO3S/c1-10(2)16(13,14)9-7-12(5-4-11)6-8-15-3/h10H,4-9H2,1-3H3. The number of rotatable bonds is 9. The highest BCUT2D eigenvalue weighted by atomic mass is 79.9. The molecule has 0 atom stereocenters. The molecule has 0 bridgehead atoms. The second-order valence-corrected chi connectivity index (χ2v) is 7.41. The van der Waals surface area contributed by atoms with Gasteiger partial charge < -0.3 is 4.74 Å². The van der Waals surface area contributed by atoms with E-state index in [0.29, 0.717) is 13.2 Å². The average Bonchev–Trinajstić information content (AvgIpc) is 2.22. The summed E-state index contributed by atoms with van der Waals surface area (Å²) in [6.07, 6.45) is 0. The van der Waals surface area contributed by atoms with Gasteiger partial charge in [0.1, 0.15) is 0 Å². The van der Waals surface area contributed by atoms with E-state index in [0.717, 1.165) is 18.4 Å². The number of halogens is 1. The summed E-state index contributed by atoms with van der Waals surface area (Å²) in [5.41, 5.74) is 0. The molecular weight excluding hydrogens is 294 g/mol. The molecular formula is C10H22BrNO3S. The molecule has 0 aliphatic carbocycles. The largest absolute Gasteiger partial charge is 0.383 e. The summed E-state index contributed by atoms with van der Waals surface area (Å²) in [5.74, 6) is 0.224. The van der Waals surface area contributed by atoms with E-state index in [1.165, 1.54) is 0 Å². The number of sulfone groups is 1. The van der Waals surface area contributed by atoms with Gasteiger partial charge in [0.05, 0.1) is 17.6 Å². The SMILES string of the molecule is COCCN(CCBr)CCS(=O)(=O)C(C)C. The molecule has 4 nitrogen and oxygen atoms in total. The van der Waals surface area contributed by atoms with E-state index >= 15 is 0 Å². The fourth-order valence-corrected chi connectivity index (χ4v) is 2.65. The molecule has 0 aromatic carbocycles. The second-order valence-electron chi connectivity index (χ2n) is 3.94. The van der Waals surface area contributed by atoms with Crippen LogP contribution in [0.1, 0.15) is 13.8 Å². The van der Waals surface area contributed by atoms with Gasteiger partial charge in [0, 0.05) is 32.1 Å². The zero-order valence-electron chi connectivity index (χ0n) is 10.3. The maximum absolute atomic E-state index is 11.6. The van der Waals surface area contributed by atoms with Gasteiger partial charge in [-0.3, -0.25) is 4.90 Å². The Labute approximate surface area is 107 Å². The molecule has 0 radical (unpaired) electrons. The lowest BCUT2D eigenvalue weighted by atomic mass is 10.5. The van der Waals surface area contributed by atoms with E-state index in [1.54, 1.807) is 21.0 Å². The zero-order chi connectivity index (χ0) is 12.6. The monoisotopic (exact) mass is 315 g/mol. The van der Waals surface area contributed by atoms with Crippen LogP contribution in [0.4, 0.5) is 0 Å². The number of hydrogen-bond donors (Lipinski definition) is 0. The first-order chi connectivity index (χ1) is 7.44. The smallest absolute Gasteiger partial charge is 0.153 e. The summed E-state index contributed by atoms with van der Waals surface area (Å²) >= 11 is 3.36. The highest BCUT2D eigenvalue weighted by molar-refractivity contribution is 9.09. The molecule has 0 aliphatic rings. The van der Waals surface area contributed by atoms with Crippen LogP contribution in [0.2, 0.25) is 0 Å². The molecule has 0 spiro atoms. The lowest BCUT2D eigenvalue weighted by Gasteiger charge is -2.21. The van der Waals surface area contributed by atoms with E-state index < -0.39 is 9.84 Å². The molecule has 0 saturated carbocycles. The highest BCUT2D eigenvalue weighted by Crippen LogP contribution is 2.02. The molecule has 0 heterocycles. The Kier molecular flexibility index (Phi) is 8.63. The Bertz CT molecular complexity index is 267. The summed E-state index contributed by atoms with van der Waals surface area (Å²) in [7, 11) is -1.28. The molecule has 0 unspecified atom stereocenters. The summed E-state index contributed by atoms with van der Waals surface area (Å²) in [5, 5.41) is 0.555. The highest BCUT2D eigenvalue weighted by Gasteiger charge is 2.17. The van der Waals surface area contributed by atoms with Gasteiger partial charge >= 0.3 is 0 Å². The van der Waals surface area contributed by atoms with Gasteiger partial charge in [0.2, 0.25) is 0 Å². The van der Waals surface area contributed by atoms with E-state index in [9.17, 15) is 8.42 Å². The third-order valence-electron chi connectivity index (χ3n) is 2.42. The Morgan fingerprint density at radius 1 is 1.25 bits per heavy atom. The van der Waals surface area contributed by atoms with E-state index in [-0.39, 0.29) is 11.0 Å². The summed E-state index contributed by atoms with van der Waals surface area (Å²) in [6.45, 7) is 6.27. The first-order valence-corrected chi connectivity index (χ1v) is 8.26. The van der Waals surface area contributed by atoms with Crippen LogP contribution in [0, 0.1) is 0 Å². The lowest BCUT2D eigenvalue weighted by molar-refractivity contribution is 0.155. The summed E-state index contributed by atoms with van der Waals surface area (Å²) in [4.78, 5) is 2.10. The third-order valence-corrected chi connectivity index (χ3v) is 4.97. The molecule has 0 aromatic heterocycles. The van der Waals surface area contributed by atoms with Crippen LogP contribution in [0.25, 0.3) is 0 Å². The fraction of sp³-hybridized carbons (Fsp3) is 1.00. The Hall–Kier alpha value is 0.350. The van der Waals surface area contributed by atoms with Gasteiger partial charge in [-0.15, -0.1) is 0 Å². The van der Waals surface area contributed by atoms with Crippen molar-refractivity contribution in [3.63, 3.8) is 0 Å². The second kappa shape index (κ2) is 8.44. The normalized spacial score (nSPS) is 12.6. The molecule has 0 fully saturated rings. The molecule has 0 aliphatic heterocycles. The molecule has 0 aromatic rings. The Morgan fingerprint density at radius 3 is 2.31 bits per heavy atom. The zero-order valence-corrected chi connectivity index (χ0v) is 12.7. The lowest BCUT2D eigenvalue weighted by Crippen LogP contribution is -2.35. The Morgan fingerprint density at radius 2 is 1.88 bits per heavy atom. The molecule has 6 heteroatoms. The minimum Gasteiger partial charge on any atom is -0.383 e. The van der Waals surface area contributed by atoms with Crippen LogP contribution < -0.4 is 0 Å². The van der Waals surface area contributed by atoms with Crippen LogP contribution in [-0.2, 0) is 14.6 Å². The van der Waals surface area contributed by atoms with Gasteiger partial charge in [-0.05, 0) is 13.8 Å². The molecule has 0 N–H and O–H groups in total. The van der Waals surface area contributed by atoms with E-state index in [2.05, 4.69) is 20.8 Å². The minimum absolute atomic E-state index is 0.224. The molecule has 16 heavy (non-hydrogen) atoms. The predicted molar refractivity (Wildman–Crippen MR) is 71.0 cm³/mol. The van der Waals surface area contributed by atoms with Crippen molar-refractivity contribution in [2.45, 2.75) is 19.1 Å². The number of hydrogen-bond acceptors (Lipinski definition) is 4. The van der Waals surface area contributed by atoms with Crippen LogP contribution in [-0.4, -0.2) is 63.0 Å². The van der Waals surface area contributed by atoms with E-state index in [1.807, 2.05) is 0 Å². The number of alkyl halides is 1. The maximum atomic E-state index is 11.6. The van der Waals surface area contributed by atoms with Crippen molar-refractivity contribution in [3.8, 4) is 0 Å². The van der Waals surface area contributed by atoms with Crippen molar-refractivity contribution in [2.24, 2.45) is 0 Å². The number of ether oxygens (including phenoxy) is 1. The first-order valence-electron chi connectivity index (χ1n) is 5.43. The molecule has 0 saturated heterocycles. The van der Waals surface area contributed by atoms with Crippen molar-refractivity contribution < 1.29 is 13.2 Å². The van der Waals surface area contributed by atoms with Crippen LogP contribution in [0.15, 0.2) is 0 Å². The Balaban J connectivity index is 4.10. The van der Waals surface area contributed by atoms with Gasteiger partial charge in [-0.25, -0.2) is 8.42 Å². The van der Waals surface area contributed by atoms with Crippen molar-refractivity contribution in [1.82, 2.24) is 4.90 Å². The van der Waals surface area contributed by atoms with Crippen molar-refractivity contribution in [1.29, 1.82) is 0 Å². The van der Waals surface area contributed by atoms with Crippen molar-refractivity contribution in [2.75, 3.05) is 44.4 Å². The molecule has 98 valence electrons. The quantitative estimate of drug-likeness (QED) is 0.599. The van der Waals surface area contributed by atoms with Gasteiger partial charge in [-0.1, -0.05) is 15.9 Å². The van der Waals surface area contributed by atoms with Crippen LogP contribution >= 0.6 is 15.9 Å². The fourth-order valence-electron chi connectivity index (χ4n) is 1.17. The topological polar surface area (TPSA) is 46.6 Å². The van der Waals surface area contributed by atoms with Gasteiger partial charge in [0.25, 0.3) is 0 Å². The molecule has 0 rings (SSSR count). The maximum Gasteiger partial charge on any atom is 0.153 e. The number of methoxy groups -OCH3 is 1. The predicted octanol–water partition coefficient (Wildman–Crippen LogP) is 1.15. The van der Waals surface area contributed by atoms with Crippen molar-refractivity contribution in [3.05, 3.63) is 0 Å². The van der Waals surface area contributed by atoms with Gasteiger partial charge in [-0.2, -0.15) is 0 Å². The third kappa shape index (κ3) is 6.83.